The molecule has 0 aliphatic heterocycles. The van der Waals surface area contributed by atoms with Crippen molar-refractivity contribution in [1.29, 1.82) is 0 Å². The van der Waals surface area contributed by atoms with Crippen LogP contribution >= 0.6 is 0 Å². The number of ether oxygens (including phenoxy) is 2. The molecule has 2 rings (SSSR count). The molecular weight excluding hydrogens is 242 g/mol. The van der Waals surface area contributed by atoms with E-state index in [1.165, 1.54) is 0 Å². The van der Waals surface area contributed by atoms with E-state index in [0.29, 0.717) is 6.61 Å². The van der Waals surface area contributed by atoms with E-state index < -0.39 is 0 Å². The summed E-state index contributed by atoms with van der Waals surface area (Å²) in [4.78, 5) is 0. The lowest BCUT2D eigenvalue weighted by molar-refractivity contribution is 0.309. The molecule has 1 aromatic heterocycles. The van der Waals surface area contributed by atoms with E-state index in [2.05, 4.69) is 10.4 Å². The molecule has 0 aliphatic carbocycles. The average Bonchev–Trinajstić information content (AvgIpc) is 2.92. The second-order valence-electron chi connectivity index (χ2n) is 4.12. The van der Waals surface area contributed by atoms with Gasteiger partial charge in [0, 0.05) is 0 Å². The van der Waals surface area contributed by atoms with Gasteiger partial charge in [-0.25, -0.2) is 4.68 Å². The Morgan fingerprint density at radius 3 is 2.68 bits per heavy atom. The van der Waals surface area contributed by atoms with Gasteiger partial charge < -0.3 is 14.8 Å². The molecule has 0 unspecified atom stereocenters. The topological polar surface area (TPSA) is 48.3 Å². The first kappa shape index (κ1) is 13.4. The Bertz CT molecular complexity index is 494. The van der Waals surface area contributed by atoms with Crippen molar-refractivity contribution in [2.24, 2.45) is 0 Å². The van der Waals surface area contributed by atoms with Gasteiger partial charge in [0.2, 0.25) is 0 Å². The van der Waals surface area contributed by atoms with Crippen molar-refractivity contribution < 1.29 is 9.47 Å². The van der Waals surface area contributed by atoms with Gasteiger partial charge in [-0.2, -0.15) is 5.10 Å². The van der Waals surface area contributed by atoms with E-state index >= 15 is 0 Å². The quantitative estimate of drug-likeness (QED) is 0.773. The zero-order valence-corrected chi connectivity index (χ0v) is 11.3. The van der Waals surface area contributed by atoms with E-state index in [1.807, 2.05) is 37.5 Å². The van der Waals surface area contributed by atoms with E-state index in [-0.39, 0.29) is 0 Å². The molecule has 0 bridgehead atoms. The van der Waals surface area contributed by atoms with E-state index in [1.54, 1.807) is 18.0 Å². The number of nitrogens with zero attached hydrogens (tertiary/aromatic N) is 2. The number of aromatic nitrogens is 2. The standard InChI is InChI=1S/C14H19N3O2/c1-15-8-3-9-19-14-10-16-17(11-14)12-4-6-13(18-2)7-5-12/h4-7,10-11,15H,3,8-9H2,1-2H3. The lowest BCUT2D eigenvalue weighted by atomic mass is 10.3. The normalized spacial score (nSPS) is 10.4. The Morgan fingerprint density at radius 2 is 2.00 bits per heavy atom. The fourth-order valence-electron chi connectivity index (χ4n) is 1.70. The van der Waals surface area contributed by atoms with Crippen LogP contribution in [-0.2, 0) is 0 Å². The summed E-state index contributed by atoms with van der Waals surface area (Å²) in [6.45, 7) is 1.64. The van der Waals surface area contributed by atoms with Gasteiger partial charge in [-0.1, -0.05) is 0 Å². The predicted octanol–water partition coefficient (Wildman–Crippen LogP) is 1.87. The molecule has 0 amide bonds. The van der Waals surface area contributed by atoms with Crippen molar-refractivity contribution >= 4 is 0 Å². The minimum absolute atomic E-state index is 0.690. The fourth-order valence-corrected chi connectivity index (χ4v) is 1.70. The maximum Gasteiger partial charge on any atom is 0.157 e. The Balaban J connectivity index is 1.95. The summed E-state index contributed by atoms with van der Waals surface area (Å²) >= 11 is 0. The Morgan fingerprint density at radius 1 is 1.21 bits per heavy atom. The SMILES string of the molecule is CNCCCOc1cnn(-c2ccc(OC)cc2)c1. The van der Waals surface area contributed by atoms with Gasteiger partial charge in [0.1, 0.15) is 5.75 Å². The van der Waals surface area contributed by atoms with Crippen LogP contribution in [-0.4, -0.2) is 37.1 Å². The highest BCUT2D eigenvalue weighted by Gasteiger charge is 2.02. The van der Waals surface area contributed by atoms with Crippen molar-refractivity contribution in [2.75, 3.05) is 27.3 Å². The first-order valence-corrected chi connectivity index (χ1v) is 6.30. The van der Waals surface area contributed by atoms with Crippen LogP contribution in [0.15, 0.2) is 36.7 Å². The van der Waals surface area contributed by atoms with Crippen LogP contribution in [0.2, 0.25) is 0 Å². The maximum absolute atomic E-state index is 5.61. The number of hydrogen-bond acceptors (Lipinski definition) is 4. The number of methoxy groups -OCH3 is 1. The number of nitrogens with one attached hydrogen (secondary N) is 1. The second kappa shape index (κ2) is 6.80. The number of hydrogen-bond donors (Lipinski definition) is 1. The molecule has 5 heteroatoms. The van der Waals surface area contributed by atoms with Gasteiger partial charge in [-0.15, -0.1) is 0 Å². The van der Waals surface area contributed by atoms with Crippen LogP contribution in [0.25, 0.3) is 5.69 Å². The number of benzene rings is 1. The number of rotatable bonds is 7. The molecule has 0 radical (unpaired) electrons. The summed E-state index contributed by atoms with van der Waals surface area (Å²) in [5, 5.41) is 7.36. The van der Waals surface area contributed by atoms with Gasteiger partial charge in [0.15, 0.2) is 5.75 Å². The van der Waals surface area contributed by atoms with Crippen molar-refractivity contribution in [3.8, 4) is 17.2 Å². The van der Waals surface area contributed by atoms with Crippen molar-refractivity contribution in [1.82, 2.24) is 15.1 Å². The smallest absolute Gasteiger partial charge is 0.157 e. The summed E-state index contributed by atoms with van der Waals surface area (Å²) in [5.74, 6) is 1.62. The molecule has 1 aromatic carbocycles. The van der Waals surface area contributed by atoms with Crippen LogP contribution in [0, 0.1) is 0 Å². The van der Waals surface area contributed by atoms with Gasteiger partial charge in [-0.05, 0) is 44.3 Å². The first-order valence-electron chi connectivity index (χ1n) is 6.30. The lowest BCUT2D eigenvalue weighted by Gasteiger charge is -2.03. The van der Waals surface area contributed by atoms with Gasteiger partial charge >= 0.3 is 0 Å². The van der Waals surface area contributed by atoms with E-state index in [0.717, 1.165) is 30.2 Å². The molecule has 0 spiro atoms. The predicted molar refractivity (Wildman–Crippen MR) is 74.2 cm³/mol. The largest absolute Gasteiger partial charge is 0.497 e. The summed E-state index contributed by atoms with van der Waals surface area (Å²) in [6, 6.07) is 7.72. The van der Waals surface area contributed by atoms with Crippen molar-refractivity contribution in [3.05, 3.63) is 36.7 Å². The minimum atomic E-state index is 0.690. The third-order valence-corrected chi connectivity index (χ3v) is 2.74. The summed E-state index contributed by atoms with van der Waals surface area (Å²) in [6.07, 6.45) is 4.58. The van der Waals surface area contributed by atoms with Gasteiger partial charge in [0.25, 0.3) is 0 Å². The van der Waals surface area contributed by atoms with E-state index in [4.69, 9.17) is 9.47 Å². The summed E-state index contributed by atoms with van der Waals surface area (Å²) in [5.41, 5.74) is 0.978. The second-order valence-corrected chi connectivity index (χ2v) is 4.12. The van der Waals surface area contributed by atoms with Crippen molar-refractivity contribution in [2.45, 2.75) is 6.42 Å². The van der Waals surface area contributed by atoms with Crippen LogP contribution in [0.3, 0.4) is 0 Å². The lowest BCUT2D eigenvalue weighted by Crippen LogP contribution is -2.11. The molecule has 0 fully saturated rings. The summed E-state index contributed by atoms with van der Waals surface area (Å²) < 4.78 is 12.5. The third kappa shape index (κ3) is 3.72. The molecule has 2 aromatic rings. The van der Waals surface area contributed by atoms with Gasteiger partial charge in [-0.3, -0.25) is 0 Å². The van der Waals surface area contributed by atoms with Crippen LogP contribution in [0.4, 0.5) is 0 Å². The molecule has 0 atom stereocenters. The highest BCUT2D eigenvalue weighted by molar-refractivity contribution is 5.37. The van der Waals surface area contributed by atoms with Gasteiger partial charge in [0.05, 0.1) is 31.8 Å². The third-order valence-electron chi connectivity index (χ3n) is 2.74. The Kier molecular flexibility index (Phi) is 4.80. The average molecular weight is 261 g/mol. The summed E-state index contributed by atoms with van der Waals surface area (Å²) in [7, 11) is 3.59. The molecule has 5 nitrogen and oxygen atoms in total. The molecule has 0 saturated carbocycles. The molecule has 19 heavy (non-hydrogen) atoms. The molecule has 0 aliphatic rings. The Labute approximate surface area is 113 Å². The highest BCUT2D eigenvalue weighted by Crippen LogP contribution is 2.17. The van der Waals surface area contributed by atoms with Crippen molar-refractivity contribution in [3.63, 3.8) is 0 Å². The van der Waals surface area contributed by atoms with E-state index in [9.17, 15) is 0 Å². The fraction of sp³-hybridized carbons (Fsp3) is 0.357. The molecule has 1 heterocycles. The first-order chi connectivity index (χ1) is 9.33. The molecule has 1 N–H and O–H groups in total. The highest BCUT2D eigenvalue weighted by atomic mass is 16.5. The zero-order chi connectivity index (χ0) is 13.5. The molecule has 0 saturated heterocycles. The zero-order valence-electron chi connectivity index (χ0n) is 11.3. The van der Waals surface area contributed by atoms with Crippen LogP contribution in [0.5, 0.6) is 11.5 Å². The molecular formula is C14H19N3O2. The maximum atomic E-state index is 5.61. The monoisotopic (exact) mass is 261 g/mol. The van der Waals surface area contributed by atoms with Crippen LogP contribution in [0.1, 0.15) is 6.42 Å². The molecule has 102 valence electrons. The minimum Gasteiger partial charge on any atom is -0.497 e. The van der Waals surface area contributed by atoms with Crippen LogP contribution < -0.4 is 14.8 Å². The Hall–Kier alpha value is -2.01.